The van der Waals surface area contributed by atoms with E-state index < -0.39 is 22.5 Å². The lowest BCUT2D eigenvalue weighted by molar-refractivity contribution is -0.121. The Bertz CT molecular complexity index is 1260. The number of benzene rings is 3. The summed E-state index contributed by atoms with van der Waals surface area (Å²) < 4.78 is 38.2. The van der Waals surface area contributed by atoms with Crippen molar-refractivity contribution in [3.8, 4) is 17.2 Å². The second kappa shape index (κ2) is 12.0. The van der Waals surface area contributed by atoms with Gasteiger partial charge in [-0.1, -0.05) is 36.4 Å². The lowest BCUT2D eigenvalue weighted by Gasteiger charge is -2.21. The van der Waals surface area contributed by atoms with Crippen LogP contribution in [0.4, 0.5) is 0 Å². The lowest BCUT2D eigenvalue weighted by atomic mass is 10.2. The third-order valence-electron chi connectivity index (χ3n) is 4.94. The van der Waals surface area contributed by atoms with E-state index in [2.05, 4.69) is 10.5 Å². The SMILES string of the molecule is CCOc1cccc(/C=N\NC(=O)CN(Cc2ccccc2)S(=O)(=O)c2ccc(OC)cc2)c1O. The van der Waals surface area contributed by atoms with Crippen molar-refractivity contribution in [2.75, 3.05) is 20.3 Å². The second-order valence-corrected chi connectivity index (χ2v) is 9.29. The van der Waals surface area contributed by atoms with Gasteiger partial charge in [0.15, 0.2) is 11.5 Å². The number of phenols is 1. The molecule has 184 valence electrons. The largest absolute Gasteiger partial charge is 0.504 e. The number of hydrazone groups is 1. The first kappa shape index (κ1) is 25.7. The van der Waals surface area contributed by atoms with E-state index in [1.165, 1.54) is 25.5 Å². The van der Waals surface area contributed by atoms with Crippen LogP contribution in [0.5, 0.6) is 17.2 Å². The summed E-state index contributed by atoms with van der Waals surface area (Å²) in [5, 5.41) is 14.1. The number of sulfonamides is 1. The minimum Gasteiger partial charge on any atom is -0.504 e. The van der Waals surface area contributed by atoms with E-state index in [0.29, 0.717) is 23.7 Å². The van der Waals surface area contributed by atoms with Gasteiger partial charge in [-0.25, -0.2) is 13.8 Å². The number of carbonyl (C=O) groups excluding carboxylic acids is 1. The molecule has 0 fully saturated rings. The molecule has 35 heavy (non-hydrogen) atoms. The molecular weight excluding hydrogens is 470 g/mol. The first-order valence-electron chi connectivity index (χ1n) is 10.8. The van der Waals surface area contributed by atoms with E-state index >= 15 is 0 Å². The molecule has 1 amide bonds. The van der Waals surface area contributed by atoms with Crippen molar-refractivity contribution in [1.82, 2.24) is 9.73 Å². The molecule has 0 radical (unpaired) electrons. The number of methoxy groups -OCH3 is 1. The molecule has 0 aromatic heterocycles. The number of hydrogen-bond donors (Lipinski definition) is 2. The molecule has 10 heteroatoms. The maximum absolute atomic E-state index is 13.3. The Kier molecular flexibility index (Phi) is 8.82. The van der Waals surface area contributed by atoms with E-state index in [1.54, 1.807) is 61.5 Å². The van der Waals surface area contributed by atoms with E-state index in [4.69, 9.17) is 9.47 Å². The Labute approximate surface area is 204 Å². The molecule has 2 N–H and O–H groups in total. The second-order valence-electron chi connectivity index (χ2n) is 7.35. The Morgan fingerprint density at radius 3 is 2.43 bits per heavy atom. The van der Waals surface area contributed by atoms with Crippen LogP contribution in [0.2, 0.25) is 0 Å². The van der Waals surface area contributed by atoms with Crippen molar-refractivity contribution >= 4 is 22.1 Å². The maximum atomic E-state index is 13.3. The molecule has 9 nitrogen and oxygen atoms in total. The zero-order chi connectivity index (χ0) is 25.3. The normalized spacial score (nSPS) is 11.5. The molecular formula is C25H27N3O6S. The van der Waals surface area contributed by atoms with Gasteiger partial charge >= 0.3 is 0 Å². The molecule has 0 unspecified atom stereocenters. The number of phenolic OH excluding ortho intramolecular Hbond substituents is 1. The van der Waals surface area contributed by atoms with Crippen LogP contribution in [0, 0.1) is 0 Å². The molecule has 0 saturated heterocycles. The van der Waals surface area contributed by atoms with E-state index in [1.807, 2.05) is 6.07 Å². The van der Waals surface area contributed by atoms with E-state index in [-0.39, 0.29) is 17.2 Å². The number of carbonyl (C=O) groups is 1. The highest BCUT2D eigenvalue weighted by Gasteiger charge is 2.27. The number of amides is 1. The van der Waals surface area contributed by atoms with Crippen molar-refractivity contribution in [2.24, 2.45) is 5.10 Å². The number of nitrogens with zero attached hydrogens (tertiary/aromatic N) is 2. The van der Waals surface area contributed by atoms with Crippen LogP contribution < -0.4 is 14.9 Å². The summed E-state index contributed by atoms with van der Waals surface area (Å²) in [6, 6.07) is 19.8. The van der Waals surface area contributed by atoms with Gasteiger partial charge in [0.05, 0.1) is 31.4 Å². The van der Waals surface area contributed by atoms with Crippen LogP contribution in [-0.4, -0.2) is 50.2 Å². The Balaban J connectivity index is 1.77. The number of ether oxygens (including phenoxy) is 2. The molecule has 0 atom stereocenters. The van der Waals surface area contributed by atoms with Gasteiger partial charge in [-0.15, -0.1) is 0 Å². The first-order chi connectivity index (χ1) is 16.8. The molecule has 3 aromatic carbocycles. The van der Waals surface area contributed by atoms with Crippen LogP contribution in [-0.2, 0) is 21.4 Å². The Hall–Kier alpha value is -3.89. The average Bonchev–Trinajstić information content (AvgIpc) is 2.86. The predicted molar refractivity (Wildman–Crippen MR) is 132 cm³/mol. The quantitative estimate of drug-likeness (QED) is 0.310. The summed E-state index contributed by atoms with van der Waals surface area (Å²) in [5.74, 6) is 0.0551. The molecule has 0 bridgehead atoms. The molecule has 0 heterocycles. The first-order valence-corrected chi connectivity index (χ1v) is 12.2. The third-order valence-corrected chi connectivity index (χ3v) is 6.75. The lowest BCUT2D eigenvalue weighted by Crippen LogP contribution is -2.39. The molecule has 0 aliphatic rings. The zero-order valence-corrected chi connectivity index (χ0v) is 20.2. The maximum Gasteiger partial charge on any atom is 0.255 e. The van der Waals surface area contributed by atoms with Gasteiger partial charge < -0.3 is 14.6 Å². The third kappa shape index (κ3) is 6.81. The van der Waals surface area contributed by atoms with Crippen LogP contribution in [0.1, 0.15) is 18.1 Å². The average molecular weight is 498 g/mol. The van der Waals surface area contributed by atoms with E-state index in [0.717, 1.165) is 9.87 Å². The monoisotopic (exact) mass is 497 g/mol. The Morgan fingerprint density at radius 2 is 1.77 bits per heavy atom. The van der Waals surface area contributed by atoms with Crippen LogP contribution in [0.25, 0.3) is 0 Å². The highest BCUT2D eigenvalue weighted by Crippen LogP contribution is 2.28. The number of para-hydroxylation sites is 1. The van der Waals surface area contributed by atoms with Crippen LogP contribution in [0.3, 0.4) is 0 Å². The standard InChI is InChI=1S/C25H27N3O6S/c1-3-34-23-11-7-10-20(25(23)30)16-26-27-24(29)18-28(17-19-8-5-4-6-9-19)35(31,32)22-14-12-21(33-2)13-15-22/h4-16,30H,3,17-18H2,1-2H3,(H,27,29)/b26-16-. The Morgan fingerprint density at radius 1 is 1.06 bits per heavy atom. The molecule has 0 saturated carbocycles. The fraction of sp³-hybridized carbons (Fsp3) is 0.200. The van der Waals surface area contributed by atoms with Gasteiger partial charge in [-0.2, -0.15) is 9.41 Å². The summed E-state index contributed by atoms with van der Waals surface area (Å²) in [7, 11) is -2.52. The fourth-order valence-electron chi connectivity index (χ4n) is 3.19. The topological polar surface area (TPSA) is 118 Å². The highest BCUT2D eigenvalue weighted by molar-refractivity contribution is 7.89. The number of rotatable bonds is 11. The van der Waals surface area contributed by atoms with Gasteiger partial charge in [-0.3, -0.25) is 4.79 Å². The van der Waals surface area contributed by atoms with Crippen LogP contribution in [0.15, 0.2) is 82.8 Å². The van der Waals surface area contributed by atoms with Gasteiger partial charge in [-0.05, 0) is 48.9 Å². The van der Waals surface area contributed by atoms with Crippen molar-refractivity contribution in [1.29, 1.82) is 0 Å². The fourth-order valence-corrected chi connectivity index (χ4v) is 4.58. The minimum absolute atomic E-state index is 0.0104. The summed E-state index contributed by atoms with van der Waals surface area (Å²) in [6.45, 7) is 1.70. The van der Waals surface area contributed by atoms with E-state index in [9.17, 15) is 18.3 Å². The molecule has 0 aliphatic heterocycles. The van der Waals surface area contributed by atoms with Crippen LogP contribution >= 0.6 is 0 Å². The number of nitrogens with one attached hydrogen (secondary N) is 1. The molecule has 3 aromatic rings. The summed E-state index contributed by atoms with van der Waals surface area (Å²) >= 11 is 0. The summed E-state index contributed by atoms with van der Waals surface area (Å²) in [4.78, 5) is 12.7. The molecule has 3 rings (SSSR count). The van der Waals surface area contributed by atoms with Gasteiger partial charge in [0, 0.05) is 12.1 Å². The number of aromatic hydroxyl groups is 1. The van der Waals surface area contributed by atoms with Crippen molar-refractivity contribution in [3.05, 3.63) is 83.9 Å². The van der Waals surface area contributed by atoms with Crippen molar-refractivity contribution in [2.45, 2.75) is 18.4 Å². The smallest absolute Gasteiger partial charge is 0.255 e. The van der Waals surface area contributed by atoms with Gasteiger partial charge in [0.2, 0.25) is 10.0 Å². The summed E-state index contributed by atoms with van der Waals surface area (Å²) in [5.41, 5.74) is 3.38. The highest BCUT2D eigenvalue weighted by atomic mass is 32.2. The number of hydrogen-bond acceptors (Lipinski definition) is 7. The van der Waals surface area contributed by atoms with Crippen molar-refractivity contribution in [3.63, 3.8) is 0 Å². The molecule has 0 aliphatic carbocycles. The van der Waals surface area contributed by atoms with Gasteiger partial charge in [0.25, 0.3) is 5.91 Å². The molecule has 0 spiro atoms. The minimum atomic E-state index is -4.01. The van der Waals surface area contributed by atoms with Gasteiger partial charge in [0.1, 0.15) is 5.75 Å². The summed E-state index contributed by atoms with van der Waals surface area (Å²) in [6.07, 6.45) is 1.26. The predicted octanol–water partition coefficient (Wildman–Crippen LogP) is 3.14. The zero-order valence-electron chi connectivity index (χ0n) is 19.4. The van der Waals surface area contributed by atoms with Crippen molar-refractivity contribution < 1.29 is 27.8 Å².